The number of carbonyl (C=O) groups excluding carboxylic acids is 1. The van der Waals surface area contributed by atoms with Crippen molar-refractivity contribution >= 4 is 5.91 Å². The molecular formula is C16H25N3O. The van der Waals surface area contributed by atoms with Crippen LogP contribution in [0, 0.1) is 0 Å². The maximum absolute atomic E-state index is 12.4. The molecule has 4 heteroatoms. The average molecular weight is 275 g/mol. The fraction of sp³-hybridized carbons (Fsp3) is 0.562. The van der Waals surface area contributed by atoms with E-state index in [0.717, 1.165) is 37.1 Å². The second-order valence-electron chi connectivity index (χ2n) is 5.84. The highest BCUT2D eigenvalue weighted by atomic mass is 16.2. The number of likely N-dealkylation sites (tertiary alicyclic amines) is 1. The van der Waals surface area contributed by atoms with Crippen molar-refractivity contribution in [3.05, 3.63) is 35.4 Å². The van der Waals surface area contributed by atoms with Gasteiger partial charge in [-0.3, -0.25) is 4.79 Å². The van der Waals surface area contributed by atoms with Crippen molar-refractivity contribution in [1.29, 1.82) is 0 Å². The van der Waals surface area contributed by atoms with Gasteiger partial charge >= 0.3 is 0 Å². The molecule has 20 heavy (non-hydrogen) atoms. The Morgan fingerprint density at radius 2 is 1.95 bits per heavy atom. The molecule has 1 aliphatic heterocycles. The second-order valence-corrected chi connectivity index (χ2v) is 5.84. The van der Waals surface area contributed by atoms with Crippen molar-refractivity contribution in [3.63, 3.8) is 0 Å². The SMILES string of the molecule is CN(C)CC1CCCN1C(=O)Cc1ccc(CN)cc1. The molecule has 1 aromatic rings. The first-order valence-electron chi connectivity index (χ1n) is 7.32. The summed E-state index contributed by atoms with van der Waals surface area (Å²) in [6.07, 6.45) is 2.74. The zero-order valence-electron chi connectivity index (χ0n) is 12.5. The van der Waals surface area contributed by atoms with E-state index in [2.05, 4.69) is 23.9 Å². The molecule has 0 aromatic heterocycles. The van der Waals surface area contributed by atoms with E-state index in [1.165, 1.54) is 0 Å². The van der Waals surface area contributed by atoms with Gasteiger partial charge < -0.3 is 15.5 Å². The van der Waals surface area contributed by atoms with Gasteiger partial charge in [0.15, 0.2) is 0 Å². The fourth-order valence-corrected chi connectivity index (χ4v) is 2.84. The summed E-state index contributed by atoms with van der Waals surface area (Å²) in [4.78, 5) is 16.7. The Kier molecular flexibility index (Phi) is 5.15. The van der Waals surface area contributed by atoms with Crippen LogP contribution >= 0.6 is 0 Å². The fourth-order valence-electron chi connectivity index (χ4n) is 2.84. The van der Waals surface area contributed by atoms with Gasteiger partial charge in [-0.05, 0) is 38.1 Å². The van der Waals surface area contributed by atoms with Gasteiger partial charge in [0.25, 0.3) is 0 Å². The molecule has 0 bridgehead atoms. The van der Waals surface area contributed by atoms with Crippen LogP contribution in [-0.2, 0) is 17.8 Å². The van der Waals surface area contributed by atoms with Gasteiger partial charge in [0.05, 0.1) is 6.42 Å². The molecule has 1 amide bonds. The molecule has 0 spiro atoms. The van der Waals surface area contributed by atoms with Gasteiger partial charge in [0.1, 0.15) is 0 Å². The number of amides is 1. The molecular weight excluding hydrogens is 250 g/mol. The molecule has 1 atom stereocenters. The zero-order chi connectivity index (χ0) is 14.5. The number of hydrogen-bond donors (Lipinski definition) is 1. The zero-order valence-corrected chi connectivity index (χ0v) is 12.5. The highest BCUT2D eigenvalue weighted by Gasteiger charge is 2.28. The quantitative estimate of drug-likeness (QED) is 0.879. The Morgan fingerprint density at radius 1 is 1.30 bits per heavy atom. The van der Waals surface area contributed by atoms with Gasteiger partial charge in [-0.15, -0.1) is 0 Å². The van der Waals surface area contributed by atoms with Crippen LogP contribution in [0.4, 0.5) is 0 Å². The topological polar surface area (TPSA) is 49.6 Å². The lowest BCUT2D eigenvalue weighted by Crippen LogP contribution is -2.42. The van der Waals surface area contributed by atoms with Gasteiger partial charge in [0.2, 0.25) is 5.91 Å². The highest BCUT2D eigenvalue weighted by Crippen LogP contribution is 2.19. The summed E-state index contributed by atoms with van der Waals surface area (Å²) in [5.74, 6) is 0.245. The minimum absolute atomic E-state index is 0.245. The van der Waals surface area contributed by atoms with E-state index in [-0.39, 0.29) is 5.91 Å². The normalized spacial score (nSPS) is 18.8. The molecule has 0 saturated carbocycles. The summed E-state index contributed by atoms with van der Waals surface area (Å²) in [7, 11) is 4.12. The summed E-state index contributed by atoms with van der Waals surface area (Å²) >= 11 is 0. The number of likely N-dealkylation sites (N-methyl/N-ethyl adjacent to an activating group) is 1. The van der Waals surface area contributed by atoms with Crippen LogP contribution in [0.5, 0.6) is 0 Å². The van der Waals surface area contributed by atoms with Crippen molar-refractivity contribution in [2.75, 3.05) is 27.2 Å². The van der Waals surface area contributed by atoms with Crippen molar-refractivity contribution < 1.29 is 4.79 Å². The molecule has 1 saturated heterocycles. The largest absolute Gasteiger partial charge is 0.338 e. The first kappa shape index (κ1) is 15.0. The van der Waals surface area contributed by atoms with E-state index in [1.807, 2.05) is 24.3 Å². The van der Waals surface area contributed by atoms with Gasteiger partial charge in [0, 0.05) is 25.7 Å². The standard InChI is InChI=1S/C16H25N3O/c1-18(2)12-15-4-3-9-19(15)16(20)10-13-5-7-14(11-17)8-6-13/h5-8,15H,3-4,9-12,17H2,1-2H3. The van der Waals surface area contributed by atoms with Crippen LogP contribution < -0.4 is 5.73 Å². The van der Waals surface area contributed by atoms with E-state index in [4.69, 9.17) is 5.73 Å². The van der Waals surface area contributed by atoms with Crippen molar-refractivity contribution in [2.24, 2.45) is 5.73 Å². The van der Waals surface area contributed by atoms with E-state index < -0.39 is 0 Å². The van der Waals surface area contributed by atoms with Crippen molar-refractivity contribution in [3.8, 4) is 0 Å². The monoisotopic (exact) mass is 275 g/mol. The molecule has 1 fully saturated rings. The third kappa shape index (κ3) is 3.81. The van der Waals surface area contributed by atoms with Crippen LogP contribution in [-0.4, -0.2) is 48.9 Å². The van der Waals surface area contributed by atoms with E-state index in [9.17, 15) is 4.79 Å². The van der Waals surface area contributed by atoms with Crippen LogP contribution in [0.2, 0.25) is 0 Å². The first-order valence-corrected chi connectivity index (χ1v) is 7.32. The third-order valence-electron chi connectivity index (χ3n) is 3.89. The molecule has 0 radical (unpaired) electrons. The Labute approximate surface area is 121 Å². The van der Waals surface area contributed by atoms with Crippen molar-refractivity contribution in [1.82, 2.24) is 9.80 Å². The van der Waals surface area contributed by atoms with E-state index >= 15 is 0 Å². The van der Waals surface area contributed by atoms with Crippen LogP contribution in [0.1, 0.15) is 24.0 Å². The molecule has 1 aliphatic rings. The molecule has 4 nitrogen and oxygen atoms in total. The van der Waals surface area contributed by atoms with Crippen LogP contribution in [0.3, 0.4) is 0 Å². The first-order chi connectivity index (χ1) is 9.60. The molecule has 1 unspecified atom stereocenters. The van der Waals surface area contributed by atoms with Crippen molar-refractivity contribution in [2.45, 2.75) is 31.8 Å². The lowest BCUT2D eigenvalue weighted by molar-refractivity contribution is -0.131. The average Bonchev–Trinajstić information content (AvgIpc) is 2.87. The number of rotatable bonds is 5. The van der Waals surface area contributed by atoms with Gasteiger partial charge in [-0.1, -0.05) is 24.3 Å². The smallest absolute Gasteiger partial charge is 0.227 e. The Morgan fingerprint density at radius 3 is 2.55 bits per heavy atom. The molecule has 1 heterocycles. The summed E-state index contributed by atoms with van der Waals surface area (Å²) in [5.41, 5.74) is 7.76. The number of nitrogens with zero attached hydrogens (tertiary/aromatic N) is 2. The highest BCUT2D eigenvalue weighted by molar-refractivity contribution is 5.79. The summed E-state index contributed by atoms with van der Waals surface area (Å²) in [6.45, 7) is 2.40. The Bertz CT molecular complexity index is 442. The van der Waals surface area contributed by atoms with Crippen LogP contribution in [0.15, 0.2) is 24.3 Å². The summed E-state index contributed by atoms with van der Waals surface area (Å²) in [6, 6.07) is 8.41. The summed E-state index contributed by atoms with van der Waals surface area (Å²) in [5, 5.41) is 0. The number of carbonyl (C=O) groups is 1. The second kappa shape index (κ2) is 6.86. The number of benzene rings is 1. The third-order valence-corrected chi connectivity index (χ3v) is 3.89. The lowest BCUT2D eigenvalue weighted by atomic mass is 10.1. The predicted octanol–water partition coefficient (Wildman–Crippen LogP) is 1.24. The lowest BCUT2D eigenvalue weighted by Gasteiger charge is -2.27. The predicted molar refractivity (Wildman–Crippen MR) is 81.3 cm³/mol. The van der Waals surface area contributed by atoms with Gasteiger partial charge in [-0.2, -0.15) is 0 Å². The maximum Gasteiger partial charge on any atom is 0.227 e. The number of nitrogens with two attached hydrogens (primary N) is 1. The molecule has 110 valence electrons. The summed E-state index contributed by atoms with van der Waals surface area (Å²) < 4.78 is 0. The molecule has 1 aromatic carbocycles. The van der Waals surface area contributed by atoms with Gasteiger partial charge in [-0.25, -0.2) is 0 Å². The Balaban J connectivity index is 1.96. The molecule has 0 aliphatic carbocycles. The van der Waals surface area contributed by atoms with E-state index in [1.54, 1.807) is 0 Å². The Hall–Kier alpha value is -1.39. The molecule has 2 N–H and O–H groups in total. The number of hydrogen-bond acceptors (Lipinski definition) is 3. The maximum atomic E-state index is 12.4. The van der Waals surface area contributed by atoms with Crippen LogP contribution in [0.25, 0.3) is 0 Å². The molecule has 2 rings (SSSR count). The van der Waals surface area contributed by atoms with E-state index in [0.29, 0.717) is 19.0 Å². The minimum atomic E-state index is 0.245. The minimum Gasteiger partial charge on any atom is -0.338 e.